The molecule has 0 saturated carbocycles. The average Bonchev–Trinajstić information content (AvgIpc) is 3.22. The Labute approximate surface area is 193 Å². The second-order valence-electron chi connectivity index (χ2n) is 7.01. The van der Waals surface area contributed by atoms with E-state index in [4.69, 9.17) is 9.47 Å². The molecular weight excluding hydrogens is 442 g/mol. The number of fused-ring (bicyclic) bond motifs is 1. The van der Waals surface area contributed by atoms with Crippen LogP contribution in [0.3, 0.4) is 0 Å². The zero-order valence-electron chi connectivity index (χ0n) is 17.2. The standard InChI is InChI=1S/C24H19N3O3S2/c1-15-22(32-24(26-15)17-9-5-6-10-25-17)23(28)27-18-13-19-20(30-12-11-29-19)14-21(18)31-16-7-3-2-4-8-16/h2-10,13-14H,11-12H2,1H3,(H,27,28). The van der Waals surface area contributed by atoms with Gasteiger partial charge in [-0.05, 0) is 31.2 Å². The number of nitrogens with zero attached hydrogens (tertiary/aromatic N) is 2. The summed E-state index contributed by atoms with van der Waals surface area (Å²) in [5, 5.41) is 3.77. The lowest BCUT2D eigenvalue weighted by Crippen LogP contribution is -2.17. The van der Waals surface area contributed by atoms with Crippen molar-refractivity contribution in [1.82, 2.24) is 9.97 Å². The van der Waals surface area contributed by atoms with E-state index in [1.807, 2.05) is 67.6 Å². The zero-order chi connectivity index (χ0) is 21.9. The molecule has 1 aliphatic heterocycles. The number of aryl methyl sites for hydroxylation is 1. The van der Waals surface area contributed by atoms with Crippen molar-refractivity contribution in [3.8, 4) is 22.2 Å². The van der Waals surface area contributed by atoms with E-state index in [0.717, 1.165) is 15.5 Å². The average molecular weight is 462 g/mol. The highest BCUT2D eigenvalue weighted by atomic mass is 32.2. The van der Waals surface area contributed by atoms with Crippen molar-refractivity contribution >= 4 is 34.7 Å². The lowest BCUT2D eigenvalue weighted by Gasteiger charge is -2.21. The van der Waals surface area contributed by atoms with Crippen LogP contribution in [0.15, 0.2) is 76.7 Å². The quantitative estimate of drug-likeness (QED) is 0.412. The van der Waals surface area contributed by atoms with E-state index in [9.17, 15) is 4.79 Å². The van der Waals surface area contributed by atoms with Gasteiger partial charge < -0.3 is 14.8 Å². The van der Waals surface area contributed by atoms with Gasteiger partial charge in [-0.2, -0.15) is 0 Å². The number of nitrogens with one attached hydrogen (secondary N) is 1. The van der Waals surface area contributed by atoms with Gasteiger partial charge in [0.2, 0.25) is 0 Å². The molecule has 1 amide bonds. The minimum Gasteiger partial charge on any atom is -0.486 e. The molecule has 0 radical (unpaired) electrons. The van der Waals surface area contributed by atoms with Gasteiger partial charge in [0.1, 0.15) is 23.1 Å². The summed E-state index contributed by atoms with van der Waals surface area (Å²) in [6.45, 7) is 2.82. The third-order valence-corrected chi connectivity index (χ3v) is 6.99. The number of benzene rings is 2. The topological polar surface area (TPSA) is 73.3 Å². The van der Waals surface area contributed by atoms with E-state index in [0.29, 0.717) is 46.0 Å². The van der Waals surface area contributed by atoms with Crippen LogP contribution in [-0.4, -0.2) is 29.1 Å². The predicted octanol–water partition coefficient (Wildman–Crippen LogP) is 5.69. The molecule has 5 rings (SSSR count). The predicted molar refractivity (Wildman–Crippen MR) is 126 cm³/mol. The first kappa shape index (κ1) is 20.5. The molecule has 2 aromatic heterocycles. The molecule has 0 unspecified atom stereocenters. The Balaban J connectivity index is 1.46. The van der Waals surface area contributed by atoms with Crippen LogP contribution in [0.25, 0.3) is 10.7 Å². The van der Waals surface area contributed by atoms with Gasteiger partial charge in [-0.15, -0.1) is 11.3 Å². The van der Waals surface area contributed by atoms with Crippen LogP contribution in [0.1, 0.15) is 15.4 Å². The number of carbonyl (C=O) groups is 1. The van der Waals surface area contributed by atoms with E-state index in [1.165, 1.54) is 11.3 Å². The number of pyridine rings is 1. The number of rotatable bonds is 5. The van der Waals surface area contributed by atoms with Gasteiger partial charge in [-0.3, -0.25) is 9.78 Å². The second kappa shape index (κ2) is 9.02. The normalized spacial score (nSPS) is 12.4. The van der Waals surface area contributed by atoms with Crippen LogP contribution >= 0.6 is 23.1 Å². The van der Waals surface area contributed by atoms with Gasteiger partial charge in [0.05, 0.1) is 17.1 Å². The van der Waals surface area contributed by atoms with Crippen LogP contribution in [0.5, 0.6) is 11.5 Å². The fourth-order valence-corrected chi connectivity index (χ4v) is 5.12. The molecule has 8 heteroatoms. The molecule has 0 aliphatic carbocycles. The SMILES string of the molecule is Cc1nc(-c2ccccn2)sc1C(=O)Nc1cc2c(cc1Sc1ccccc1)OCCO2. The molecule has 160 valence electrons. The Hall–Kier alpha value is -3.36. The fourth-order valence-electron chi connectivity index (χ4n) is 3.25. The summed E-state index contributed by atoms with van der Waals surface area (Å²) in [7, 11) is 0. The van der Waals surface area contributed by atoms with Gasteiger partial charge in [0.15, 0.2) is 11.5 Å². The number of aromatic nitrogens is 2. The Morgan fingerprint density at radius 2 is 1.78 bits per heavy atom. The Morgan fingerprint density at radius 3 is 2.53 bits per heavy atom. The highest BCUT2D eigenvalue weighted by Crippen LogP contribution is 2.42. The molecule has 4 aromatic rings. The molecule has 0 fully saturated rings. The number of amides is 1. The first-order valence-electron chi connectivity index (χ1n) is 10.0. The molecule has 3 heterocycles. The van der Waals surface area contributed by atoms with Crippen molar-refractivity contribution in [3.63, 3.8) is 0 Å². The van der Waals surface area contributed by atoms with E-state index in [2.05, 4.69) is 15.3 Å². The summed E-state index contributed by atoms with van der Waals surface area (Å²) in [6.07, 6.45) is 1.72. The number of hydrogen-bond donors (Lipinski definition) is 1. The first-order valence-corrected chi connectivity index (χ1v) is 11.7. The second-order valence-corrected chi connectivity index (χ2v) is 9.12. The number of hydrogen-bond acceptors (Lipinski definition) is 7. The summed E-state index contributed by atoms with van der Waals surface area (Å²) in [6, 6.07) is 19.4. The largest absolute Gasteiger partial charge is 0.486 e. The maximum absolute atomic E-state index is 13.2. The smallest absolute Gasteiger partial charge is 0.267 e. The van der Waals surface area contributed by atoms with Crippen molar-refractivity contribution in [1.29, 1.82) is 0 Å². The van der Waals surface area contributed by atoms with Crippen LogP contribution in [0, 0.1) is 6.92 Å². The Bertz CT molecular complexity index is 1260. The van der Waals surface area contributed by atoms with E-state index in [1.54, 1.807) is 18.0 Å². The lowest BCUT2D eigenvalue weighted by atomic mass is 10.2. The highest BCUT2D eigenvalue weighted by molar-refractivity contribution is 7.99. The van der Waals surface area contributed by atoms with E-state index < -0.39 is 0 Å². The maximum Gasteiger partial charge on any atom is 0.267 e. The summed E-state index contributed by atoms with van der Waals surface area (Å²) in [5.74, 6) is 1.09. The lowest BCUT2D eigenvalue weighted by molar-refractivity contribution is 0.102. The molecule has 2 aromatic carbocycles. The molecule has 32 heavy (non-hydrogen) atoms. The fraction of sp³-hybridized carbons (Fsp3) is 0.125. The van der Waals surface area contributed by atoms with E-state index in [-0.39, 0.29) is 5.91 Å². The summed E-state index contributed by atoms with van der Waals surface area (Å²) < 4.78 is 11.5. The van der Waals surface area contributed by atoms with Crippen LogP contribution < -0.4 is 14.8 Å². The minimum absolute atomic E-state index is 0.214. The van der Waals surface area contributed by atoms with Crippen molar-refractivity contribution < 1.29 is 14.3 Å². The maximum atomic E-state index is 13.2. The molecule has 1 aliphatic rings. The molecule has 0 atom stereocenters. The van der Waals surface area contributed by atoms with Gasteiger partial charge in [0, 0.05) is 28.1 Å². The van der Waals surface area contributed by atoms with Crippen molar-refractivity contribution in [2.75, 3.05) is 18.5 Å². The summed E-state index contributed by atoms with van der Waals surface area (Å²) in [5.41, 5.74) is 2.09. The first-order chi connectivity index (χ1) is 15.7. The minimum atomic E-state index is -0.214. The van der Waals surface area contributed by atoms with Crippen LogP contribution in [0.2, 0.25) is 0 Å². The van der Waals surface area contributed by atoms with Crippen molar-refractivity contribution in [3.05, 3.63) is 77.4 Å². The monoisotopic (exact) mass is 461 g/mol. The molecule has 1 N–H and O–H groups in total. The Morgan fingerprint density at radius 1 is 1.03 bits per heavy atom. The van der Waals surface area contributed by atoms with Crippen LogP contribution in [0.4, 0.5) is 5.69 Å². The Kier molecular flexibility index (Phi) is 5.79. The number of anilines is 1. The summed E-state index contributed by atoms with van der Waals surface area (Å²) >= 11 is 2.89. The molecule has 0 bridgehead atoms. The summed E-state index contributed by atoms with van der Waals surface area (Å²) in [4.78, 5) is 24.6. The van der Waals surface area contributed by atoms with Gasteiger partial charge in [0.25, 0.3) is 5.91 Å². The third-order valence-electron chi connectivity index (χ3n) is 4.75. The zero-order valence-corrected chi connectivity index (χ0v) is 18.8. The van der Waals surface area contributed by atoms with Crippen LogP contribution in [-0.2, 0) is 0 Å². The molecule has 0 saturated heterocycles. The van der Waals surface area contributed by atoms with E-state index >= 15 is 0 Å². The van der Waals surface area contributed by atoms with Crippen molar-refractivity contribution in [2.24, 2.45) is 0 Å². The third kappa shape index (κ3) is 4.32. The number of thiazole rings is 1. The molecule has 6 nitrogen and oxygen atoms in total. The molecule has 0 spiro atoms. The van der Waals surface area contributed by atoms with Gasteiger partial charge >= 0.3 is 0 Å². The number of ether oxygens (including phenoxy) is 2. The molecular formula is C24H19N3O3S2. The van der Waals surface area contributed by atoms with Gasteiger partial charge in [-0.25, -0.2) is 4.98 Å². The number of carbonyl (C=O) groups excluding carboxylic acids is 1. The van der Waals surface area contributed by atoms with Gasteiger partial charge in [-0.1, -0.05) is 36.0 Å². The van der Waals surface area contributed by atoms with Crippen molar-refractivity contribution in [2.45, 2.75) is 16.7 Å². The highest BCUT2D eigenvalue weighted by Gasteiger charge is 2.21.